The molecule has 5 heteroatoms. The number of sulfonamides is 1. The maximum atomic E-state index is 12.3. The Kier molecular flexibility index (Phi) is 4.47. The van der Waals surface area contributed by atoms with E-state index in [0.29, 0.717) is 28.6 Å². The number of nitrogen functional groups attached to an aromatic ring is 1. The summed E-state index contributed by atoms with van der Waals surface area (Å²) in [5.74, 6) is 0.484. The zero-order chi connectivity index (χ0) is 13.9. The Balaban J connectivity index is 2.05. The molecule has 2 rings (SSSR count). The topological polar surface area (TPSA) is 72.2 Å². The van der Waals surface area contributed by atoms with Gasteiger partial charge in [-0.1, -0.05) is 19.3 Å². The molecule has 1 aliphatic rings. The van der Waals surface area contributed by atoms with Crippen LogP contribution in [0.4, 0.5) is 5.69 Å². The number of rotatable bonds is 4. The largest absolute Gasteiger partial charge is 0.399 e. The average Bonchev–Trinajstić information content (AvgIpc) is 2.37. The van der Waals surface area contributed by atoms with E-state index < -0.39 is 10.0 Å². The molecule has 0 saturated heterocycles. The predicted octanol–water partition coefficient (Wildman–Crippen LogP) is 2.44. The number of nitrogens with one attached hydrogen (secondary N) is 1. The zero-order valence-corrected chi connectivity index (χ0v) is 12.2. The molecule has 19 heavy (non-hydrogen) atoms. The average molecular weight is 282 g/mol. The van der Waals surface area contributed by atoms with Crippen molar-refractivity contribution in [2.24, 2.45) is 5.92 Å². The minimum absolute atomic E-state index is 0.331. The Morgan fingerprint density at radius 3 is 2.58 bits per heavy atom. The standard InChI is InChI=1S/C14H22N2O2S/c1-11-9-13(15)7-8-14(11)19(17,18)16-10-12-5-3-2-4-6-12/h7-9,12,16H,2-6,10,15H2,1H3. The fraction of sp³-hybridized carbons (Fsp3) is 0.571. The number of benzene rings is 1. The zero-order valence-electron chi connectivity index (χ0n) is 11.4. The van der Waals surface area contributed by atoms with Crippen LogP contribution in [0.25, 0.3) is 0 Å². The summed E-state index contributed by atoms with van der Waals surface area (Å²) < 4.78 is 27.2. The molecule has 1 saturated carbocycles. The molecule has 0 radical (unpaired) electrons. The van der Waals surface area contributed by atoms with Crippen molar-refractivity contribution >= 4 is 15.7 Å². The molecule has 0 amide bonds. The quantitative estimate of drug-likeness (QED) is 0.833. The minimum Gasteiger partial charge on any atom is -0.399 e. The van der Waals surface area contributed by atoms with Crippen LogP contribution in [0.3, 0.4) is 0 Å². The van der Waals surface area contributed by atoms with Gasteiger partial charge in [0, 0.05) is 12.2 Å². The second-order valence-corrected chi connectivity index (χ2v) is 7.12. The molecule has 3 N–H and O–H groups in total. The highest BCUT2D eigenvalue weighted by atomic mass is 32.2. The highest BCUT2D eigenvalue weighted by Gasteiger charge is 2.20. The number of aryl methyl sites for hydroxylation is 1. The van der Waals surface area contributed by atoms with Gasteiger partial charge in [0.15, 0.2) is 0 Å². The van der Waals surface area contributed by atoms with Gasteiger partial charge in [-0.3, -0.25) is 0 Å². The molecule has 0 unspecified atom stereocenters. The van der Waals surface area contributed by atoms with Gasteiger partial charge in [0.25, 0.3) is 0 Å². The van der Waals surface area contributed by atoms with Crippen LogP contribution in [0.1, 0.15) is 37.7 Å². The lowest BCUT2D eigenvalue weighted by Crippen LogP contribution is -2.30. The van der Waals surface area contributed by atoms with E-state index in [9.17, 15) is 8.42 Å². The molecule has 0 atom stereocenters. The Morgan fingerprint density at radius 1 is 1.26 bits per heavy atom. The molecule has 1 fully saturated rings. The first kappa shape index (κ1) is 14.3. The Bertz CT molecular complexity index is 534. The second kappa shape index (κ2) is 5.92. The molecule has 106 valence electrons. The maximum Gasteiger partial charge on any atom is 0.240 e. The molecule has 0 aliphatic heterocycles. The number of hydrogen-bond donors (Lipinski definition) is 2. The fourth-order valence-corrected chi connectivity index (χ4v) is 4.01. The molecule has 1 aromatic carbocycles. The number of anilines is 1. The van der Waals surface area contributed by atoms with Crippen LogP contribution >= 0.6 is 0 Å². The number of nitrogens with two attached hydrogens (primary N) is 1. The van der Waals surface area contributed by atoms with E-state index in [1.807, 2.05) is 0 Å². The Morgan fingerprint density at radius 2 is 1.95 bits per heavy atom. The first-order valence-electron chi connectivity index (χ1n) is 6.85. The summed E-state index contributed by atoms with van der Waals surface area (Å²) in [4.78, 5) is 0.331. The van der Waals surface area contributed by atoms with Crippen LogP contribution in [0, 0.1) is 12.8 Å². The summed E-state index contributed by atoms with van der Waals surface area (Å²) in [5.41, 5.74) is 6.92. The normalized spacial score (nSPS) is 17.5. The third kappa shape index (κ3) is 3.70. The van der Waals surface area contributed by atoms with E-state index in [-0.39, 0.29) is 0 Å². The van der Waals surface area contributed by atoms with E-state index in [0.717, 1.165) is 12.8 Å². The van der Waals surface area contributed by atoms with Gasteiger partial charge in [-0.15, -0.1) is 0 Å². The number of hydrogen-bond acceptors (Lipinski definition) is 3. The highest BCUT2D eigenvalue weighted by molar-refractivity contribution is 7.89. The van der Waals surface area contributed by atoms with Crippen LogP contribution in [-0.2, 0) is 10.0 Å². The SMILES string of the molecule is Cc1cc(N)ccc1S(=O)(=O)NCC1CCCCC1. The van der Waals surface area contributed by atoms with E-state index in [1.54, 1.807) is 25.1 Å². The molecule has 4 nitrogen and oxygen atoms in total. The summed E-state index contributed by atoms with van der Waals surface area (Å²) in [7, 11) is -3.41. The van der Waals surface area contributed by atoms with Crippen molar-refractivity contribution in [3.63, 3.8) is 0 Å². The summed E-state index contributed by atoms with van der Waals surface area (Å²) >= 11 is 0. The van der Waals surface area contributed by atoms with Crippen molar-refractivity contribution in [3.8, 4) is 0 Å². The van der Waals surface area contributed by atoms with Gasteiger partial charge in [0.1, 0.15) is 0 Å². The lowest BCUT2D eigenvalue weighted by Gasteiger charge is -2.22. The molecule has 0 bridgehead atoms. The van der Waals surface area contributed by atoms with Gasteiger partial charge < -0.3 is 5.73 Å². The van der Waals surface area contributed by atoms with Gasteiger partial charge in [-0.25, -0.2) is 13.1 Å². The van der Waals surface area contributed by atoms with E-state index in [1.165, 1.54) is 19.3 Å². The Labute approximate surface area is 115 Å². The van der Waals surface area contributed by atoms with Gasteiger partial charge in [0.2, 0.25) is 10.0 Å². The van der Waals surface area contributed by atoms with Crippen molar-refractivity contribution in [1.82, 2.24) is 4.72 Å². The first-order chi connectivity index (χ1) is 8.99. The van der Waals surface area contributed by atoms with Crippen molar-refractivity contribution in [2.75, 3.05) is 12.3 Å². The molecular weight excluding hydrogens is 260 g/mol. The summed E-state index contributed by atoms with van der Waals surface area (Å²) in [6, 6.07) is 4.89. The summed E-state index contributed by atoms with van der Waals surface area (Å²) in [6.45, 7) is 2.32. The maximum absolute atomic E-state index is 12.3. The molecular formula is C14H22N2O2S. The van der Waals surface area contributed by atoms with E-state index >= 15 is 0 Å². The van der Waals surface area contributed by atoms with Crippen LogP contribution in [-0.4, -0.2) is 15.0 Å². The summed E-state index contributed by atoms with van der Waals surface area (Å²) in [6.07, 6.45) is 5.97. The summed E-state index contributed by atoms with van der Waals surface area (Å²) in [5, 5.41) is 0. The first-order valence-corrected chi connectivity index (χ1v) is 8.33. The molecule has 1 aromatic rings. The predicted molar refractivity (Wildman–Crippen MR) is 77.4 cm³/mol. The van der Waals surface area contributed by atoms with Crippen molar-refractivity contribution in [2.45, 2.75) is 43.9 Å². The molecule has 0 heterocycles. The lowest BCUT2D eigenvalue weighted by molar-refractivity contribution is 0.357. The third-order valence-corrected chi connectivity index (χ3v) is 5.36. The smallest absolute Gasteiger partial charge is 0.240 e. The molecule has 0 aromatic heterocycles. The minimum atomic E-state index is -3.41. The lowest BCUT2D eigenvalue weighted by atomic mass is 9.90. The van der Waals surface area contributed by atoms with Gasteiger partial charge >= 0.3 is 0 Å². The van der Waals surface area contributed by atoms with Gasteiger partial charge in [0.05, 0.1) is 4.90 Å². The molecule has 0 spiro atoms. The van der Waals surface area contributed by atoms with E-state index in [4.69, 9.17) is 5.73 Å². The van der Waals surface area contributed by atoms with Crippen LogP contribution < -0.4 is 10.5 Å². The van der Waals surface area contributed by atoms with Crippen molar-refractivity contribution in [1.29, 1.82) is 0 Å². The second-order valence-electron chi connectivity index (χ2n) is 5.38. The van der Waals surface area contributed by atoms with Crippen LogP contribution in [0.15, 0.2) is 23.1 Å². The van der Waals surface area contributed by atoms with Gasteiger partial charge in [-0.2, -0.15) is 0 Å². The Hall–Kier alpha value is -1.07. The highest BCUT2D eigenvalue weighted by Crippen LogP contribution is 2.24. The van der Waals surface area contributed by atoms with E-state index in [2.05, 4.69) is 4.72 Å². The van der Waals surface area contributed by atoms with Crippen LogP contribution in [0.5, 0.6) is 0 Å². The van der Waals surface area contributed by atoms with Crippen LogP contribution in [0.2, 0.25) is 0 Å². The monoisotopic (exact) mass is 282 g/mol. The van der Waals surface area contributed by atoms with Gasteiger partial charge in [-0.05, 0) is 49.4 Å². The third-order valence-electron chi connectivity index (χ3n) is 3.78. The van der Waals surface area contributed by atoms with Crippen molar-refractivity contribution in [3.05, 3.63) is 23.8 Å². The molecule has 1 aliphatic carbocycles. The van der Waals surface area contributed by atoms with Crippen molar-refractivity contribution < 1.29 is 8.42 Å². The fourth-order valence-electron chi connectivity index (χ4n) is 2.67.